The van der Waals surface area contributed by atoms with Crippen LogP contribution in [0, 0.1) is 0 Å². The van der Waals surface area contributed by atoms with Gasteiger partial charge in [-0.15, -0.1) is 0 Å². The number of carbonyl (C=O) groups is 1. The van der Waals surface area contributed by atoms with Gasteiger partial charge in [-0.3, -0.25) is 9.78 Å². The average molecular weight is 312 g/mol. The molecule has 0 aliphatic carbocycles. The van der Waals surface area contributed by atoms with Gasteiger partial charge >= 0.3 is 0 Å². The summed E-state index contributed by atoms with van der Waals surface area (Å²) in [5.74, 6) is 1.82. The van der Waals surface area contributed by atoms with Crippen molar-refractivity contribution in [2.75, 3.05) is 14.2 Å². The minimum atomic E-state index is 0.456. The lowest BCUT2D eigenvalue weighted by Crippen LogP contribution is -1.93. The largest absolute Gasteiger partial charge is 0.494 e. The van der Waals surface area contributed by atoms with Gasteiger partial charge in [0.2, 0.25) is 0 Å². The first-order chi connectivity index (χ1) is 11.2. The topological polar surface area (TPSA) is 73.4 Å². The van der Waals surface area contributed by atoms with E-state index in [1.807, 2.05) is 18.2 Å². The Morgan fingerprint density at radius 2 is 2.04 bits per heavy atom. The van der Waals surface area contributed by atoms with Crippen LogP contribution in [0.25, 0.3) is 10.9 Å². The molecular weight excluding hydrogens is 296 g/mol. The maximum atomic E-state index is 10.9. The van der Waals surface area contributed by atoms with Crippen LogP contribution in [0.5, 0.6) is 17.2 Å². The van der Waals surface area contributed by atoms with Crippen molar-refractivity contribution in [2.24, 2.45) is 0 Å². The molecule has 3 aromatic rings. The van der Waals surface area contributed by atoms with E-state index in [4.69, 9.17) is 14.2 Å². The minimum absolute atomic E-state index is 0.456. The summed E-state index contributed by atoms with van der Waals surface area (Å²) in [7, 11) is 3.19. The summed E-state index contributed by atoms with van der Waals surface area (Å²) in [6.45, 7) is 0.456. The molecule has 0 unspecified atom stereocenters. The fourth-order valence-corrected chi connectivity index (χ4v) is 2.33. The number of hydrogen-bond donors (Lipinski definition) is 1. The summed E-state index contributed by atoms with van der Waals surface area (Å²) in [6, 6.07) is 9.01. The van der Waals surface area contributed by atoms with Crippen molar-refractivity contribution in [3.63, 3.8) is 0 Å². The van der Waals surface area contributed by atoms with Crippen LogP contribution in [0.4, 0.5) is 0 Å². The first-order valence-corrected chi connectivity index (χ1v) is 7.01. The van der Waals surface area contributed by atoms with Crippen molar-refractivity contribution in [1.82, 2.24) is 9.97 Å². The highest BCUT2D eigenvalue weighted by molar-refractivity contribution is 5.92. The first-order valence-electron chi connectivity index (χ1n) is 7.01. The zero-order valence-electron chi connectivity index (χ0n) is 12.8. The molecule has 2 aromatic heterocycles. The standard InChI is InChI=1S/C17H16N2O4/c1-21-10-12-3-4-14(8-18-12)23-15-6-11-5-13(9-20)19-17(11)16(7-15)22-2/h3-9,19H,10H2,1-2H3. The second-order valence-electron chi connectivity index (χ2n) is 4.95. The van der Waals surface area contributed by atoms with Crippen LogP contribution in [0.1, 0.15) is 16.2 Å². The molecule has 0 fully saturated rings. The Hall–Kier alpha value is -2.86. The summed E-state index contributed by atoms with van der Waals surface area (Å²) in [6.07, 6.45) is 2.40. The van der Waals surface area contributed by atoms with Crippen molar-refractivity contribution in [3.05, 3.63) is 47.9 Å². The predicted molar refractivity (Wildman–Crippen MR) is 85.3 cm³/mol. The Morgan fingerprint density at radius 3 is 2.70 bits per heavy atom. The first kappa shape index (κ1) is 15.1. The maximum Gasteiger partial charge on any atom is 0.166 e. The minimum Gasteiger partial charge on any atom is -0.494 e. The average Bonchev–Trinajstić information content (AvgIpc) is 2.99. The second-order valence-corrected chi connectivity index (χ2v) is 4.95. The third kappa shape index (κ3) is 3.17. The molecule has 0 atom stereocenters. The number of hydrogen-bond acceptors (Lipinski definition) is 5. The summed E-state index contributed by atoms with van der Waals surface area (Å²) >= 11 is 0. The number of methoxy groups -OCH3 is 2. The quantitative estimate of drug-likeness (QED) is 0.707. The van der Waals surface area contributed by atoms with Crippen molar-refractivity contribution in [3.8, 4) is 17.2 Å². The van der Waals surface area contributed by atoms with E-state index < -0.39 is 0 Å². The van der Waals surface area contributed by atoms with E-state index >= 15 is 0 Å². The van der Waals surface area contributed by atoms with Crippen LogP contribution < -0.4 is 9.47 Å². The van der Waals surface area contributed by atoms with Crippen molar-refractivity contribution < 1.29 is 19.0 Å². The Morgan fingerprint density at radius 1 is 1.17 bits per heavy atom. The van der Waals surface area contributed by atoms with Gasteiger partial charge in [0.1, 0.15) is 17.2 Å². The van der Waals surface area contributed by atoms with E-state index in [1.54, 1.807) is 32.5 Å². The van der Waals surface area contributed by atoms with Gasteiger partial charge in [-0.1, -0.05) is 0 Å². The Kier molecular flexibility index (Phi) is 4.25. The van der Waals surface area contributed by atoms with E-state index in [0.29, 0.717) is 29.5 Å². The smallest absolute Gasteiger partial charge is 0.166 e. The van der Waals surface area contributed by atoms with E-state index in [0.717, 1.165) is 22.9 Å². The Balaban J connectivity index is 1.91. The van der Waals surface area contributed by atoms with Gasteiger partial charge in [0, 0.05) is 18.6 Å². The number of benzene rings is 1. The number of nitrogens with one attached hydrogen (secondary N) is 1. The molecule has 3 rings (SSSR count). The number of ether oxygens (including phenoxy) is 3. The van der Waals surface area contributed by atoms with Crippen LogP contribution >= 0.6 is 0 Å². The lowest BCUT2D eigenvalue weighted by molar-refractivity contribution is 0.112. The molecule has 0 saturated heterocycles. The van der Waals surface area contributed by atoms with Crippen molar-refractivity contribution >= 4 is 17.2 Å². The lowest BCUT2D eigenvalue weighted by atomic mass is 10.2. The third-order valence-corrected chi connectivity index (χ3v) is 3.36. The molecule has 23 heavy (non-hydrogen) atoms. The van der Waals surface area contributed by atoms with E-state index in [9.17, 15) is 4.79 Å². The number of aromatic amines is 1. The molecule has 1 aromatic carbocycles. The normalized spacial score (nSPS) is 10.7. The number of aldehydes is 1. The van der Waals surface area contributed by atoms with Gasteiger partial charge in [0.05, 0.1) is 36.8 Å². The number of H-pyrrole nitrogens is 1. The number of carbonyl (C=O) groups excluding carboxylic acids is 1. The highest BCUT2D eigenvalue weighted by atomic mass is 16.5. The van der Waals surface area contributed by atoms with E-state index in [2.05, 4.69) is 9.97 Å². The molecule has 0 radical (unpaired) electrons. The summed E-state index contributed by atoms with van der Waals surface area (Å²) < 4.78 is 16.2. The molecule has 0 bridgehead atoms. The molecule has 0 aliphatic heterocycles. The van der Waals surface area contributed by atoms with Crippen LogP contribution in [0.3, 0.4) is 0 Å². The molecule has 6 heteroatoms. The second kappa shape index (κ2) is 6.50. The molecule has 0 spiro atoms. The van der Waals surface area contributed by atoms with E-state index in [-0.39, 0.29) is 0 Å². The summed E-state index contributed by atoms with van der Waals surface area (Å²) in [5.41, 5.74) is 2.07. The molecule has 6 nitrogen and oxygen atoms in total. The molecular formula is C17H16N2O4. The lowest BCUT2D eigenvalue weighted by Gasteiger charge is -2.09. The van der Waals surface area contributed by atoms with Gasteiger partial charge in [-0.2, -0.15) is 0 Å². The van der Waals surface area contributed by atoms with Gasteiger partial charge < -0.3 is 19.2 Å². The summed E-state index contributed by atoms with van der Waals surface area (Å²) in [4.78, 5) is 18.2. The predicted octanol–water partition coefficient (Wildman–Crippen LogP) is 3.32. The Labute approximate surface area is 133 Å². The van der Waals surface area contributed by atoms with Gasteiger partial charge in [0.15, 0.2) is 6.29 Å². The fraction of sp³-hybridized carbons (Fsp3) is 0.176. The van der Waals surface area contributed by atoms with E-state index in [1.165, 1.54) is 0 Å². The number of pyridine rings is 1. The van der Waals surface area contributed by atoms with Crippen LogP contribution in [0.2, 0.25) is 0 Å². The van der Waals surface area contributed by atoms with Crippen molar-refractivity contribution in [1.29, 1.82) is 0 Å². The molecule has 2 heterocycles. The number of nitrogens with zero attached hydrogens (tertiary/aromatic N) is 1. The number of rotatable bonds is 6. The maximum absolute atomic E-state index is 10.9. The molecule has 0 saturated carbocycles. The highest BCUT2D eigenvalue weighted by Gasteiger charge is 2.10. The van der Waals surface area contributed by atoms with Gasteiger partial charge in [-0.05, 0) is 24.3 Å². The fourth-order valence-electron chi connectivity index (χ4n) is 2.33. The van der Waals surface area contributed by atoms with Crippen LogP contribution in [0.15, 0.2) is 36.5 Å². The molecule has 0 aliphatic rings. The number of aromatic nitrogens is 2. The van der Waals surface area contributed by atoms with Crippen LogP contribution in [-0.2, 0) is 11.3 Å². The Bertz CT molecular complexity index is 824. The van der Waals surface area contributed by atoms with Gasteiger partial charge in [-0.25, -0.2) is 0 Å². The molecule has 0 amide bonds. The van der Waals surface area contributed by atoms with Gasteiger partial charge in [0.25, 0.3) is 0 Å². The monoisotopic (exact) mass is 312 g/mol. The molecule has 118 valence electrons. The van der Waals surface area contributed by atoms with Crippen LogP contribution in [-0.4, -0.2) is 30.5 Å². The van der Waals surface area contributed by atoms with Crippen molar-refractivity contribution in [2.45, 2.75) is 6.61 Å². The number of fused-ring (bicyclic) bond motifs is 1. The zero-order valence-corrected chi connectivity index (χ0v) is 12.8. The SMILES string of the molecule is COCc1ccc(Oc2cc(OC)c3[nH]c(C=O)cc3c2)cn1. The zero-order chi connectivity index (χ0) is 16.2. The summed E-state index contributed by atoms with van der Waals surface area (Å²) in [5, 5.41) is 0.838. The third-order valence-electron chi connectivity index (χ3n) is 3.36. The highest BCUT2D eigenvalue weighted by Crippen LogP contribution is 2.33. The molecule has 1 N–H and O–H groups in total.